The summed E-state index contributed by atoms with van der Waals surface area (Å²) in [7, 11) is 4.92. The van der Waals surface area contributed by atoms with Crippen molar-refractivity contribution < 1.29 is 14.3 Å². The van der Waals surface area contributed by atoms with E-state index in [-0.39, 0.29) is 5.91 Å². The molecule has 5 nitrogen and oxygen atoms in total. The van der Waals surface area contributed by atoms with Gasteiger partial charge in [0.15, 0.2) is 0 Å². The number of para-hydroxylation sites is 1. The first kappa shape index (κ1) is 14.3. The summed E-state index contributed by atoms with van der Waals surface area (Å²) >= 11 is 0. The fraction of sp³-hybridized carbons (Fsp3) is 0.462. The van der Waals surface area contributed by atoms with Gasteiger partial charge in [-0.1, -0.05) is 6.07 Å². The monoisotopic (exact) mass is 252 g/mol. The highest BCUT2D eigenvalue weighted by Gasteiger charge is 2.16. The van der Waals surface area contributed by atoms with E-state index in [9.17, 15) is 4.79 Å². The van der Waals surface area contributed by atoms with Gasteiger partial charge in [0, 0.05) is 27.3 Å². The Balaban J connectivity index is 2.77. The van der Waals surface area contributed by atoms with Crippen LogP contribution in [0.25, 0.3) is 0 Å². The number of rotatable bonds is 6. The molecule has 100 valence electrons. The van der Waals surface area contributed by atoms with Crippen LogP contribution in [0.5, 0.6) is 5.75 Å². The van der Waals surface area contributed by atoms with Crippen LogP contribution >= 0.6 is 0 Å². The quantitative estimate of drug-likeness (QED) is 0.613. The number of ether oxygens (including phenoxy) is 2. The van der Waals surface area contributed by atoms with E-state index in [0.29, 0.717) is 30.2 Å². The molecule has 0 aromatic heterocycles. The lowest BCUT2D eigenvalue weighted by molar-refractivity contribution is 0.0780. The van der Waals surface area contributed by atoms with Gasteiger partial charge in [0.05, 0.1) is 18.4 Å². The maximum atomic E-state index is 12.2. The van der Waals surface area contributed by atoms with Crippen molar-refractivity contribution in [2.24, 2.45) is 0 Å². The van der Waals surface area contributed by atoms with Crippen LogP contribution in [0.3, 0.4) is 0 Å². The van der Waals surface area contributed by atoms with Crippen LogP contribution in [0.1, 0.15) is 16.8 Å². The number of hydrogen-bond donors (Lipinski definition) is 1. The van der Waals surface area contributed by atoms with Crippen molar-refractivity contribution in [1.29, 1.82) is 0 Å². The maximum Gasteiger partial charge on any atom is 0.255 e. The number of amides is 1. The third kappa shape index (κ3) is 3.37. The molecule has 0 saturated heterocycles. The number of benzene rings is 1. The lowest BCUT2D eigenvalue weighted by Crippen LogP contribution is -2.29. The summed E-state index contributed by atoms with van der Waals surface area (Å²) in [4.78, 5) is 13.8. The molecule has 2 N–H and O–H groups in total. The second-order valence-corrected chi connectivity index (χ2v) is 3.99. The number of methoxy groups -OCH3 is 2. The third-order valence-electron chi connectivity index (χ3n) is 2.71. The molecule has 0 saturated carbocycles. The predicted octanol–water partition coefficient (Wildman–Crippen LogP) is 1.39. The van der Waals surface area contributed by atoms with Crippen LogP contribution in [-0.2, 0) is 4.74 Å². The standard InChI is InChI=1S/C13H20N2O3/c1-15(8-5-9-17-2)13(16)10-6-4-7-11(18-3)12(10)14/h4,6-7H,5,8-9,14H2,1-3H3. The van der Waals surface area contributed by atoms with Crippen LogP contribution in [0.2, 0.25) is 0 Å². The Bertz CT molecular complexity index is 407. The summed E-state index contributed by atoms with van der Waals surface area (Å²) in [5.41, 5.74) is 6.74. The van der Waals surface area contributed by atoms with Crippen LogP contribution in [-0.4, -0.2) is 45.2 Å². The Morgan fingerprint density at radius 2 is 2.11 bits per heavy atom. The van der Waals surface area contributed by atoms with E-state index >= 15 is 0 Å². The molecule has 0 aliphatic heterocycles. The van der Waals surface area contributed by atoms with Crippen molar-refractivity contribution in [1.82, 2.24) is 4.90 Å². The first-order valence-electron chi connectivity index (χ1n) is 5.78. The second kappa shape index (κ2) is 6.86. The summed E-state index contributed by atoms with van der Waals surface area (Å²) in [6.45, 7) is 1.26. The summed E-state index contributed by atoms with van der Waals surface area (Å²) in [5, 5.41) is 0. The zero-order valence-electron chi connectivity index (χ0n) is 11.1. The molecule has 5 heteroatoms. The molecular formula is C13H20N2O3. The molecule has 1 amide bonds. The van der Waals surface area contributed by atoms with Gasteiger partial charge in [-0.05, 0) is 18.6 Å². The number of hydrogen-bond acceptors (Lipinski definition) is 4. The molecule has 1 aromatic rings. The molecule has 0 bridgehead atoms. The fourth-order valence-electron chi connectivity index (χ4n) is 1.66. The van der Waals surface area contributed by atoms with Gasteiger partial charge >= 0.3 is 0 Å². The van der Waals surface area contributed by atoms with Gasteiger partial charge in [0.2, 0.25) is 0 Å². The number of anilines is 1. The summed E-state index contributed by atoms with van der Waals surface area (Å²) < 4.78 is 10.1. The topological polar surface area (TPSA) is 64.8 Å². The molecule has 1 rings (SSSR count). The smallest absolute Gasteiger partial charge is 0.255 e. The SMILES string of the molecule is COCCCN(C)C(=O)c1cccc(OC)c1N. The Labute approximate surface area is 107 Å². The van der Waals surface area contributed by atoms with Crippen LogP contribution in [0.15, 0.2) is 18.2 Å². The van der Waals surface area contributed by atoms with E-state index in [4.69, 9.17) is 15.2 Å². The molecule has 0 heterocycles. The highest BCUT2D eigenvalue weighted by atomic mass is 16.5. The van der Waals surface area contributed by atoms with Crippen molar-refractivity contribution in [2.75, 3.05) is 40.2 Å². The van der Waals surface area contributed by atoms with Gasteiger partial charge in [-0.3, -0.25) is 4.79 Å². The fourth-order valence-corrected chi connectivity index (χ4v) is 1.66. The molecule has 1 aromatic carbocycles. The second-order valence-electron chi connectivity index (χ2n) is 3.99. The van der Waals surface area contributed by atoms with E-state index in [1.54, 1.807) is 37.3 Å². The van der Waals surface area contributed by atoms with Gasteiger partial charge in [0.1, 0.15) is 5.75 Å². The normalized spacial score (nSPS) is 10.2. The predicted molar refractivity (Wildman–Crippen MR) is 70.9 cm³/mol. The van der Waals surface area contributed by atoms with E-state index in [1.807, 2.05) is 0 Å². The highest BCUT2D eigenvalue weighted by Crippen LogP contribution is 2.25. The zero-order valence-corrected chi connectivity index (χ0v) is 11.1. The first-order valence-corrected chi connectivity index (χ1v) is 5.78. The molecule has 0 fully saturated rings. The average Bonchev–Trinajstić information content (AvgIpc) is 2.38. The number of carbonyl (C=O) groups is 1. The number of carbonyl (C=O) groups excluding carboxylic acids is 1. The van der Waals surface area contributed by atoms with Crippen molar-refractivity contribution in [3.05, 3.63) is 23.8 Å². The Hall–Kier alpha value is -1.75. The highest BCUT2D eigenvalue weighted by molar-refractivity contribution is 6.00. The van der Waals surface area contributed by atoms with Crippen molar-refractivity contribution >= 4 is 11.6 Å². The van der Waals surface area contributed by atoms with Gasteiger partial charge in [-0.15, -0.1) is 0 Å². The number of nitrogen functional groups attached to an aromatic ring is 1. The largest absolute Gasteiger partial charge is 0.495 e. The first-order chi connectivity index (χ1) is 8.61. The molecule has 0 aliphatic rings. The molecular weight excluding hydrogens is 232 g/mol. The number of nitrogens with zero attached hydrogens (tertiary/aromatic N) is 1. The average molecular weight is 252 g/mol. The Kier molecular flexibility index (Phi) is 5.45. The molecule has 0 unspecified atom stereocenters. The van der Waals surface area contributed by atoms with E-state index in [0.717, 1.165) is 6.42 Å². The minimum atomic E-state index is -0.109. The Morgan fingerprint density at radius 3 is 2.72 bits per heavy atom. The van der Waals surface area contributed by atoms with Crippen LogP contribution in [0, 0.1) is 0 Å². The molecule has 0 atom stereocenters. The van der Waals surface area contributed by atoms with Crippen LogP contribution in [0.4, 0.5) is 5.69 Å². The lowest BCUT2D eigenvalue weighted by Gasteiger charge is -2.18. The summed E-state index contributed by atoms with van der Waals surface area (Å²) in [5.74, 6) is 0.411. The summed E-state index contributed by atoms with van der Waals surface area (Å²) in [6.07, 6.45) is 0.794. The van der Waals surface area contributed by atoms with Crippen molar-refractivity contribution in [3.63, 3.8) is 0 Å². The van der Waals surface area contributed by atoms with E-state index < -0.39 is 0 Å². The van der Waals surface area contributed by atoms with E-state index in [1.165, 1.54) is 7.11 Å². The third-order valence-corrected chi connectivity index (χ3v) is 2.71. The van der Waals surface area contributed by atoms with Crippen molar-refractivity contribution in [3.8, 4) is 5.75 Å². The van der Waals surface area contributed by atoms with Crippen LogP contribution < -0.4 is 10.5 Å². The lowest BCUT2D eigenvalue weighted by atomic mass is 10.1. The molecule has 0 radical (unpaired) electrons. The molecule has 0 spiro atoms. The van der Waals surface area contributed by atoms with Gasteiger partial charge in [-0.25, -0.2) is 0 Å². The van der Waals surface area contributed by atoms with Gasteiger partial charge < -0.3 is 20.1 Å². The molecule has 18 heavy (non-hydrogen) atoms. The van der Waals surface area contributed by atoms with Gasteiger partial charge in [-0.2, -0.15) is 0 Å². The molecule has 0 aliphatic carbocycles. The number of nitrogens with two attached hydrogens (primary N) is 1. The maximum absolute atomic E-state index is 12.2. The zero-order chi connectivity index (χ0) is 13.5. The minimum Gasteiger partial charge on any atom is -0.495 e. The Morgan fingerprint density at radius 1 is 1.39 bits per heavy atom. The van der Waals surface area contributed by atoms with E-state index in [2.05, 4.69) is 0 Å². The minimum absolute atomic E-state index is 0.109. The van der Waals surface area contributed by atoms with Gasteiger partial charge in [0.25, 0.3) is 5.91 Å². The van der Waals surface area contributed by atoms with Crippen molar-refractivity contribution in [2.45, 2.75) is 6.42 Å². The summed E-state index contributed by atoms with van der Waals surface area (Å²) in [6, 6.07) is 5.19.